The molecule has 0 saturated heterocycles. The molecule has 3 heteroatoms. The van der Waals surface area contributed by atoms with Crippen molar-refractivity contribution in [2.75, 3.05) is 0 Å². The van der Waals surface area contributed by atoms with Gasteiger partial charge in [0.25, 0.3) is 0 Å². The molecule has 0 heterocycles. The quantitative estimate of drug-likeness (QED) is 0.840. The summed E-state index contributed by atoms with van der Waals surface area (Å²) < 4.78 is 0. The summed E-state index contributed by atoms with van der Waals surface area (Å²) in [5, 5.41) is 2.95. The Labute approximate surface area is 103 Å². The monoisotopic (exact) mass is 234 g/mol. The van der Waals surface area contributed by atoms with Gasteiger partial charge in [-0.15, -0.1) is 0 Å². The third-order valence-corrected chi connectivity index (χ3v) is 2.57. The predicted molar refractivity (Wildman–Crippen MR) is 70.6 cm³/mol. The van der Waals surface area contributed by atoms with Crippen molar-refractivity contribution in [2.24, 2.45) is 5.73 Å². The van der Waals surface area contributed by atoms with E-state index in [9.17, 15) is 4.79 Å². The van der Waals surface area contributed by atoms with Gasteiger partial charge < -0.3 is 11.1 Å². The summed E-state index contributed by atoms with van der Waals surface area (Å²) in [7, 11) is 0. The maximum atomic E-state index is 11.7. The van der Waals surface area contributed by atoms with Crippen molar-refractivity contribution in [3.05, 3.63) is 35.4 Å². The minimum absolute atomic E-state index is 0.00873. The third kappa shape index (κ3) is 5.00. The molecule has 0 fully saturated rings. The van der Waals surface area contributed by atoms with Gasteiger partial charge in [0, 0.05) is 12.0 Å². The molecule has 0 saturated carbocycles. The zero-order chi connectivity index (χ0) is 13.1. The molecule has 0 radical (unpaired) electrons. The number of nitrogens with one attached hydrogen (secondary N) is 1. The first-order chi connectivity index (χ1) is 7.78. The van der Waals surface area contributed by atoms with E-state index in [4.69, 9.17) is 5.73 Å². The van der Waals surface area contributed by atoms with E-state index in [0.29, 0.717) is 6.42 Å². The lowest BCUT2D eigenvalue weighted by Gasteiger charge is -2.20. The first-order valence-corrected chi connectivity index (χ1v) is 5.93. The van der Waals surface area contributed by atoms with Crippen LogP contribution >= 0.6 is 0 Å². The zero-order valence-corrected chi connectivity index (χ0v) is 11.1. The molecular weight excluding hydrogens is 212 g/mol. The molecule has 0 unspecified atom stereocenters. The van der Waals surface area contributed by atoms with Crippen LogP contribution in [0, 0.1) is 6.92 Å². The minimum Gasteiger partial charge on any atom is -0.350 e. The highest BCUT2D eigenvalue weighted by Crippen LogP contribution is 2.14. The van der Waals surface area contributed by atoms with Gasteiger partial charge in [0.05, 0.1) is 6.04 Å². The lowest BCUT2D eigenvalue weighted by molar-refractivity contribution is -0.122. The Kier molecular flexibility index (Phi) is 4.29. The Bertz CT molecular complexity index is 376. The molecule has 0 aliphatic carbocycles. The van der Waals surface area contributed by atoms with Gasteiger partial charge in [0.1, 0.15) is 0 Å². The van der Waals surface area contributed by atoms with E-state index in [1.165, 1.54) is 5.56 Å². The molecule has 1 atom stereocenters. The van der Waals surface area contributed by atoms with Gasteiger partial charge >= 0.3 is 0 Å². The van der Waals surface area contributed by atoms with Crippen molar-refractivity contribution in [3.63, 3.8) is 0 Å². The molecule has 0 aromatic heterocycles. The Morgan fingerprint density at radius 2 is 1.88 bits per heavy atom. The molecule has 0 aliphatic heterocycles. The summed E-state index contributed by atoms with van der Waals surface area (Å²) in [4.78, 5) is 11.7. The van der Waals surface area contributed by atoms with E-state index in [1.54, 1.807) is 0 Å². The summed E-state index contributed by atoms with van der Waals surface area (Å²) in [6, 6.07) is 8.18. The molecule has 3 N–H and O–H groups in total. The van der Waals surface area contributed by atoms with Crippen LogP contribution in [0.1, 0.15) is 44.4 Å². The lowest BCUT2D eigenvalue weighted by atomic mass is 10.0. The summed E-state index contributed by atoms with van der Waals surface area (Å²) in [5.74, 6) is -0.00873. The molecule has 17 heavy (non-hydrogen) atoms. The number of nitrogens with two attached hydrogens (primary N) is 1. The Hall–Kier alpha value is -1.35. The van der Waals surface area contributed by atoms with E-state index in [0.717, 1.165) is 5.56 Å². The van der Waals surface area contributed by atoms with Gasteiger partial charge in [-0.3, -0.25) is 4.79 Å². The normalized spacial score (nSPS) is 13.2. The first kappa shape index (κ1) is 13.7. The maximum absolute atomic E-state index is 11.7. The van der Waals surface area contributed by atoms with Gasteiger partial charge in [0.15, 0.2) is 0 Å². The topological polar surface area (TPSA) is 55.1 Å². The van der Waals surface area contributed by atoms with Crippen molar-refractivity contribution in [2.45, 2.75) is 45.7 Å². The van der Waals surface area contributed by atoms with Gasteiger partial charge in [-0.25, -0.2) is 0 Å². The summed E-state index contributed by atoms with van der Waals surface area (Å²) in [6.45, 7) is 7.72. The van der Waals surface area contributed by atoms with E-state index in [1.807, 2.05) is 52.0 Å². The van der Waals surface area contributed by atoms with Crippen molar-refractivity contribution >= 4 is 5.91 Å². The van der Waals surface area contributed by atoms with Crippen molar-refractivity contribution in [1.82, 2.24) is 5.32 Å². The first-order valence-electron chi connectivity index (χ1n) is 5.93. The minimum atomic E-state index is -0.461. The van der Waals surface area contributed by atoms with Gasteiger partial charge in [-0.1, -0.05) is 29.8 Å². The number of carbonyl (C=O) groups excluding carboxylic acids is 1. The number of carbonyl (C=O) groups is 1. The fourth-order valence-electron chi connectivity index (χ4n) is 1.64. The van der Waals surface area contributed by atoms with Crippen molar-refractivity contribution in [3.8, 4) is 0 Å². The second-order valence-corrected chi connectivity index (χ2v) is 5.37. The summed E-state index contributed by atoms with van der Waals surface area (Å²) >= 11 is 0. The molecule has 1 aromatic carbocycles. The number of hydrogen-bond acceptors (Lipinski definition) is 2. The number of aryl methyl sites for hydroxylation is 1. The van der Waals surface area contributed by atoms with Crippen LogP contribution in [0.15, 0.2) is 24.3 Å². The van der Waals surface area contributed by atoms with Crippen LogP contribution in [0.3, 0.4) is 0 Å². The third-order valence-electron chi connectivity index (χ3n) is 2.57. The standard InChI is InChI=1S/C14H22N2O/c1-10-5-7-12(8-6-10)11(2)16-13(17)9-14(3,4)15/h5-8,11H,9,15H2,1-4H3,(H,16,17)/t11-/m0/s1. The number of hydrogen-bond donors (Lipinski definition) is 2. The number of benzene rings is 1. The highest BCUT2D eigenvalue weighted by atomic mass is 16.1. The Balaban J connectivity index is 2.57. The largest absolute Gasteiger partial charge is 0.350 e. The molecule has 94 valence electrons. The number of rotatable bonds is 4. The van der Waals surface area contributed by atoms with E-state index in [2.05, 4.69) is 5.32 Å². The van der Waals surface area contributed by atoms with Crippen LogP contribution in [0.5, 0.6) is 0 Å². The van der Waals surface area contributed by atoms with Gasteiger partial charge in [0.2, 0.25) is 5.91 Å². The second-order valence-electron chi connectivity index (χ2n) is 5.37. The molecule has 0 bridgehead atoms. The molecule has 0 aliphatic rings. The van der Waals surface area contributed by atoms with Crippen molar-refractivity contribution < 1.29 is 4.79 Å². The SMILES string of the molecule is Cc1ccc([C@H](C)NC(=O)CC(C)(C)N)cc1. The van der Waals surface area contributed by atoms with Crippen LogP contribution in [0.4, 0.5) is 0 Å². The van der Waals surface area contributed by atoms with E-state index >= 15 is 0 Å². The Morgan fingerprint density at radius 3 is 2.35 bits per heavy atom. The highest BCUT2D eigenvalue weighted by molar-refractivity contribution is 5.77. The molecule has 3 nitrogen and oxygen atoms in total. The second kappa shape index (κ2) is 5.32. The molecule has 0 spiro atoms. The van der Waals surface area contributed by atoms with Gasteiger partial charge in [-0.05, 0) is 33.3 Å². The smallest absolute Gasteiger partial charge is 0.222 e. The fourth-order valence-corrected chi connectivity index (χ4v) is 1.64. The molecular formula is C14H22N2O. The van der Waals surface area contributed by atoms with Crippen LogP contribution in [-0.4, -0.2) is 11.4 Å². The summed E-state index contributed by atoms with van der Waals surface area (Å²) in [5.41, 5.74) is 7.68. The molecule has 1 aromatic rings. The average molecular weight is 234 g/mol. The fraction of sp³-hybridized carbons (Fsp3) is 0.500. The van der Waals surface area contributed by atoms with E-state index < -0.39 is 5.54 Å². The number of amides is 1. The van der Waals surface area contributed by atoms with E-state index in [-0.39, 0.29) is 11.9 Å². The molecule has 1 amide bonds. The van der Waals surface area contributed by atoms with Crippen molar-refractivity contribution in [1.29, 1.82) is 0 Å². The average Bonchev–Trinajstić information content (AvgIpc) is 2.15. The van der Waals surface area contributed by atoms with Crippen LogP contribution in [-0.2, 0) is 4.79 Å². The van der Waals surface area contributed by atoms with Gasteiger partial charge in [-0.2, -0.15) is 0 Å². The summed E-state index contributed by atoms with van der Waals surface area (Å²) in [6.07, 6.45) is 0.337. The Morgan fingerprint density at radius 1 is 1.35 bits per heavy atom. The van der Waals surface area contributed by atoms with Crippen LogP contribution < -0.4 is 11.1 Å². The lowest BCUT2D eigenvalue weighted by Crippen LogP contribution is -2.39. The van der Waals surface area contributed by atoms with Crippen LogP contribution in [0.25, 0.3) is 0 Å². The van der Waals surface area contributed by atoms with Crippen LogP contribution in [0.2, 0.25) is 0 Å². The molecule has 1 rings (SSSR count). The maximum Gasteiger partial charge on any atom is 0.222 e. The zero-order valence-electron chi connectivity index (χ0n) is 11.1. The highest BCUT2D eigenvalue weighted by Gasteiger charge is 2.18. The predicted octanol–water partition coefficient (Wildman–Crippen LogP) is 2.30.